The molecule has 0 spiro atoms. The smallest absolute Gasteiger partial charge is 0.109 e. The predicted octanol–water partition coefficient (Wildman–Crippen LogP) is 0.646. The summed E-state index contributed by atoms with van der Waals surface area (Å²) in [5.41, 5.74) is 0. The van der Waals surface area contributed by atoms with Crippen molar-refractivity contribution in [3.8, 4) is 0 Å². The molecule has 0 bridgehead atoms. The molecule has 0 radical (unpaired) electrons. The summed E-state index contributed by atoms with van der Waals surface area (Å²) in [5.74, 6) is 1.19. The van der Waals surface area contributed by atoms with Gasteiger partial charge in [-0.15, -0.1) is 0 Å². The lowest BCUT2D eigenvalue weighted by Crippen LogP contribution is -2.50. The molecule has 1 unspecified atom stereocenters. The number of hydrogen-bond donors (Lipinski definition) is 1. The molecule has 0 saturated carbocycles. The van der Waals surface area contributed by atoms with E-state index in [0.29, 0.717) is 6.04 Å². The zero-order valence-corrected chi connectivity index (χ0v) is 10.3. The normalized spacial score (nSPS) is 22.5. The molecule has 0 aliphatic carbocycles. The third-order valence-electron chi connectivity index (χ3n) is 3.41. The van der Waals surface area contributed by atoms with E-state index < -0.39 is 0 Å². The molecule has 1 aromatic rings. The number of piperazine rings is 1. The van der Waals surface area contributed by atoms with Crippen LogP contribution < -0.4 is 5.32 Å². The zero-order valence-electron chi connectivity index (χ0n) is 10.3. The van der Waals surface area contributed by atoms with E-state index >= 15 is 0 Å². The van der Waals surface area contributed by atoms with Crippen LogP contribution in [0.1, 0.15) is 19.2 Å². The first-order valence-electron chi connectivity index (χ1n) is 6.21. The molecular weight excluding hydrogens is 200 g/mol. The SMILES string of the molecule is CCC1CN(CCc2nccn2C)CCN1. The summed E-state index contributed by atoms with van der Waals surface area (Å²) in [6.45, 7) is 6.85. The molecule has 1 N–H and O–H groups in total. The van der Waals surface area contributed by atoms with Crippen molar-refractivity contribution < 1.29 is 0 Å². The summed E-state index contributed by atoms with van der Waals surface area (Å²) in [6, 6.07) is 0.676. The summed E-state index contributed by atoms with van der Waals surface area (Å²) in [5, 5.41) is 3.54. The fraction of sp³-hybridized carbons (Fsp3) is 0.750. The summed E-state index contributed by atoms with van der Waals surface area (Å²) in [7, 11) is 2.06. The van der Waals surface area contributed by atoms with Gasteiger partial charge in [0.05, 0.1) is 0 Å². The van der Waals surface area contributed by atoms with Crippen molar-refractivity contribution in [1.29, 1.82) is 0 Å². The second-order valence-corrected chi connectivity index (χ2v) is 4.56. The van der Waals surface area contributed by atoms with Gasteiger partial charge >= 0.3 is 0 Å². The lowest BCUT2D eigenvalue weighted by atomic mass is 10.1. The van der Waals surface area contributed by atoms with Gasteiger partial charge in [-0.3, -0.25) is 0 Å². The average Bonchev–Trinajstić information content (AvgIpc) is 2.72. The van der Waals surface area contributed by atoms with E-state index in [9.17, 15) is 0 Å². The van der Waals surface area contributed by atoms with Crippen LogP contribution in [-0.4, -0.2) is 46.7 Å². The quantitative estimate of drug-likeness (QED) is 0.812. The Hall–Kier alpha value is -0.870. The number of aryl methyl sites for hydroxylation is 1. The molecule has 4 nitrogen and oxygen atoms in total. The Morgan fingerprint density at radius 2 is 2.44 bits per heavy atom. The highest BCUT2D eigenvalue weighted by molar-refractivity contribution is 4.92. The van der Waals surface area contributed by atoms with Crippen LogP contribution in [0.25, 0.3) is 0 Å². The minimum atomic E-state index is 0.676. The van der Waals surface area contributed by atoms with Crippen LogP contribution in [0.2, 0.25) is 0 Å². The monoisotopic (exact) mass is 222 g/mol. The molecule has 1 aliphatic heterocycles. The standard InChI is InChI=1S/C12H22N4/c1-3-11-10-16(9-6-13-11)7-4-12-14-5-8-15(12)2/h5,8,11,13H,3-4,6-7,9-10H2,1-2H3. The van der Waals surface area contributed by atoms with Gasteiger partial charge in [-0.25, -0.2) is 4.98 Å². The third-order valence-corrected chi connectivity index (χ3v) is 3.41. The largest absolute Gasteiger partial charge is 0.338 e. The molecule has 1 aromatic heterocycles. The maximum Gasteiger partial charge on any atom is 0.109 e. The molecule has 4 heteroatoms. The van der Waals surface area contributed by atoms with Crippen LogP contribution in [0.3, 0.4) is 0 Å². The Labute approximate surface area is 97.7 Å². The fourth-order valence-electron chi connectivity index (χ4n) is 2.27. The van der Waals surface area contributed by atoms with Crippen molar-refractivity contribution in [3.63, 3.8) is 0 Å². The first kappa shape index (κ1) is 11.6. The molecule has 90 valence electrons. The Balaban J connectivity index is 1.79. The highest BCUT2D eigenvalue weighted by atomic mass is 15.2. The zero-order chi connectivity index (χ0) is 11.4. The number of nitrogens with one attached hydrogen (secondary N) is 1. The van der Waals surface area contributed by atoms with Crippen LogP contribution in [0.5, 0.6) is 0 Å². The minimum absolute atomic E-state index is 0.676. The second-order valence-electron chi connectivity index (χ2n) is 4.56. The van der Waals surface area contributed by atoms with Crippen LogP contribution in [0, 0.1) is 0 Å². The summed E-state index contributed by atoms with van der Waals surface area (Å²) >= 11 is 0. The van der Waals surface area contributed by atoms with Gasteiger partial charge in [0.2, 0.25) is 0 Å². The first-order valence-corrected chi connectivity index (χ1v) is 6.21. The molecular formula is C12H22N4. The van der Waals surface area contributed by atoms with Crippen molar-refractivity contribution in [2.45, 2.75) is 25.8 Å². The fourth-order valence-corrected chi connectivity index (χ4v) is 2.27. The number of aromatic nitrogens is 2. The van der Waals surface area contributed by atoms with Gasteiger partial charge in [0, 0.05) is 58.1 Å². The Kier molecular flexibility index (Phi) is 3.96. The van der Waals surface area contributed by atoms with Gasteiger partial charge in [0.25, 0.3) is 0 Å². The van der Waals surface area contributed by atoms with Crippen molar-refractivity contribution >= 4 is 0 Å². The van der Waals surface area contributed by atoms with Crippen LogP contribution in [-0.2, 0) is 13.5 Å². The van der Waals surface area contributed by atoms with E-state index in [1.54, 1.807) is 0 Å². The lowest BCUT2D eigenvalue weighted by Gasteiger charge is -2.33. The Bertz CT molecular complexity index is 321. The maximum absolute atomic E-state index is 4.36. The average molecular weight is 222 g/mol. The van der Waals surface area contributed by atoms with Gasteiger partial charge in [-0.05, 0) is 6.42 Å². The number of nitrogens with zero attached hydrogens (tertiary/aromatic N) is 3. The molecule has 1 aliphatic rings. The van der Waals surface area contributed by atoms with Gasteiger partial charge in [0.1, 0.15) is 5.82 Å². The van der Waals surface area contributed by atoms with Gasteiger partial charge < -0.3 is 14.8 Å². The predicted molar refractivity (Wildman–Crippen MR) is 65.4 cm³/mol. The second kappa shape index (κ2) is 5.46. The molecule has 2 rings (SSSR count). The summed E-state index contributed by atoms with van der Waals surface area (Å²) in [4.78, 5) is 6.90. The lowest BCUT2D eigenvalue weighted by molar-refractivity contribution is 0.198. The maximum atomic E-state index is 4.36. The number of imidazole rings is 1. The van der Waals surface area contributed by atoms with Gasteiger partial charge in [-0.2, -0.15) is 0 Å². The molecule has 1 saturated heterocycles. The molecule has 0 aromatic carbocycles. The van der Waals surface area contributed by atoms with Crippen molar-refractivity contribution in [3.05, 3.63) is 18.2 Å². The number of hydrogen-bond acceptors (Lipinski definition) is 3. The van der Waals surface area contributed by atoms with Gasteiger partial charge in [0.15, 0.2) is 0 Å². The first-order chi connectivity index (χ1) is 7.79. The molecule has 16 heavy (non-hydrogen) atoms. The van der Waals surface area contributed by atoms with Crippen LogP contribution >= 0.6 is 0 Å². The van der Waals surface area contributed by atoms with Gasteiger partial charge in [-0.1, -0.05) is 6.92 Å². The highest BCUT2D eigenvalue weighted by Gasteiger charge is 2.17. The van der Waals surface area contributed by atoms with E-state index in [1.165, 1.54) is 25.3 Å². The van der Waals surface area contributed by atoms with Crippen molar-refractivity contribution in [1.82, 2.24) is 19.8 Å². The number of rotatable bonds is 4. The molecule has 1 fully saturated rings. The van der Waals surface area contributed by atoms with Crippen LogP contribution in [0.15, 0.2) is 12.4 Å². The van der Waals surface area contributed by atoms with Crippen molar-refractivity contribution in [2.24, 2.45) is 7.05 Å². The van der Waals surface area contributed by atoms with E-state index in [-0.39, 0.29) is 0 Å². The van der Waals surface area contributed by atoms with E-state index in [1.807, 2.05) is 12.4 Å². The molecule has 0 amide bonds. The summed E-state index contributed by atoms with van der Waals surface area (Å²) in [6.07, 6.45) is 6.17. The topological polar surface area (TPSA) is 33.1 Å². The Morgan fingerprint density at radius 1 is 1.56 bits per heavy atom. The van der Waals surface area contributed by atoms with Crippen LogP contribution in [0.4, 0.5) is 0 Å². The molecule has 1 atom stereocenters. The van der Waals surface area contributed by atoms with E-state index in [4.69, 9.17) is 0 Å². The molecule has 2 heterocycles. The minimum Gasteiger partial charge on any atom is -0.338 e. The summed E-state index contributed by atoms with van der Waals surface area (Å²) < 4.78 is 2.11. The third kappa shape index (κ3) is 2.83. The van der Waals surface area contributed by atoms with E-state index in [2.05, 4.69) is 33.7 Å². The van der Waals surface area contributed by atoms with E-state index in [0.717, 1.165) is 19.5 Å². The highest BCUT2D eigenvalue weighted by Crippen LogP contribution is 2.04. The van der Waals surface area contributed by atoms with Crippen molar-refractivity contribution in [2.75, 3.05) is 26.2 Å². The Morgan fingerprint density at radius 3 is 3.12 bits per heavy atom.